The van der Waals surface area contributed by atoms with E-state index in [9.17, 15) is 23.4 Å². The van der Waals surface area contributed by atoms with Crippen molar-refractivity contribution in [3.05, 3.63) is 65.2 Å². The number of hydrogen-bond acceptors (Lipinski definition) is 6. The molecular weight excluding hydrogens is 504 g/mol. The van der Waals surface area contributed by atoms with Crippen LogP contribution >= 0.6 is 0 Å². The van der Waals surface area contributed by atoms with E-state index >= 15 is 0 Å². The number of nitrogens with zero attached hydrogens (tertiary/aromatic N) is 2. The van der Waals surface area contributed by atoms with E-state index in [1.165, 1.54) is 9.88 Å². The average Bonchev–Trinajstić information content (AvgIpc) is 2.90. The first-order valence-electron chi connectivity index (χ1n) is 13.2. The Morgan fingerprint density at radius 1 is 1.21 bits per heavy atom. The number of aliphatic hydroxyl groups excluding tert-OH is 1. The highest BCUT2D eigenvalue weighted by Crippen LogP contribution is 2.37. The highest BCUT2D eigenvalue weighted by atomic mass is 32.2. The lowest BCUT2D eigenvalue weighted by atomic mass is 9.93. The monoisotopic (exact) mass is 542 g/mol. The maximum absolute atomic E-state index is 13.7. The van der Waals surface area contributed by atoms with Crippen LogP contribution in [0.1, 0.15) is 61.0 Å². The Bertz CT molecular complexity index is 1290. The fourth-order valence-corrected chi connectivity index (χ4v) is 7.06. The molecule has 8 nitrogen and oxygen atoms in total. The van der Waals surface area contributed by atoms with Gasteiger partial charge in [0.05, 0.1) is 12.2 Å². The van der Waals surface area contributed by atoms with E-state index in [4.69, 9.17) is 4.74 Å². The van der Waals surface area contributed by atoms with E-state index in [2.05, 4.69) is 11.0 Å². The minimum absolute atomic E-state index is 0.117. The molecule has 1 aliphatic carbocycles. The molecule has 0 bridgehead atoms. The molecule has 0 aromatic heterocycles. The molecule has 0 fully saturated rings. The number of carbonyl (C=O) groups is 1. The summed E-state index contributed by atoms with van der Waals surface area (Å²) < 4.78 is 35.4. The Kier molecular flexibility index (Phi) is 8.92. The summed E-state index contributed by atoms with van der Waals surface area (Å²) >= 11 is 0. The largest absolute Gasteiger partial charge is 0.487 e. The molecule has 206 valence electrons. The minimum atomic E-state index is -3.89. The molecule has 0 amide bonds. The van der Waals surface area contributed by atoms with Gasteiger partial charge >= 0.3 is 5.97 Å². The van der Waals surface area contributed by atoms with E-state index < -0.39 is 22.0 Å². The Balaban J connectivity index is 1.67. The second kappa shape index (κ2) is 12.0. The summed E-state index contributed by atoms with van der Waals surface area (Å²) in [5, 5.41) is 19.2. The van der Waals surface area contributed by atoms with Crippen LogP contribution in [0.4, 0.5) is 0 Å². The lowest BCUT2D eigenvalue weighted by Gasteiger charge is -2.37. The number of aliphatic hydroxyl groups is 1. The SMILES string of the molecule is C[C@H](CO)N1C[C@H](C)[C@H](CN(C)Cc2cccc(C(=O)O)c2)Oc2cc(C3=CCCCC3)ccc2S1(=O)=O. The van der Waals surface area contributed by atoms with Crippen molar-refractivity contribution in [1.29, 1.82) is 0 Å². The van der Waals surface area contributed by atoms with Gasteiger partial charge in [-0.1, -0.05) is 31.2 Å². The third-order valence-electron chi connectivity index (χ3n) is 7.45. The van der Waals surface area contributed by atoms with Gasteiger partial charge in [0.2, 0.25) is 10.0 Å². The van der Waals surface area contributed by atoms with Crippen molar-refractivity contribution in [1.82, 2.24) is 9.21 Å². The molecule has 0 saturated carbocycles. The number of aromatic carboxylic acids is 1. The van der Waals surface area contributed by atoms with Crippen molar-refractivity contribution in [2.45, 2.75) is 63.1 Å². The molecule has 2 aromatic carbocycles. The lowest BCUT2D eigenvalue weighted by molar-refractivity contribution is 0.0693. The van der Waals surface area contributed by atoms with E-state index in [0.29, 0.717) is 18.8 Å². The molecule has 38 heavy (non-hydrogen) atoms. The van der Waals surface area contributed by atoms with Crippen LogP contribution < -0.4 is 4.74 Å². The molecule has 0 unspecified atom stereocenters. The van der Waals surface area contributed by atoms with Crippen molar-refractivity contribution < 1.29 is 28.2 Å². The number of carboxylic acids is 1. The van der Waals surface area contributed by atoms with Gasteiger partial charge in [0, 0.05) is 31.6 Å². The number of sulfonamides is 1. The van der Waals surface area contributed by atoms with Crippen molar-refractivity contribution in [3.8, 4) is 5.75 Å². The molecule has 9 heteroatoms. The van der Waals surface area contributed by atoms with Gasteiger partial charge in [-0.05, 0) is 80.6 Å². The Hall–Kier alpha value is -2.72. The zero-order valence-electron chi connectivity index (χ0n) is 22.3. The number of hydrogen-bond donors (Lipinski definition) is 2. The van der Waals surface area contributed by atoms with Crippen molar-refractivity contribution >= 4 is 21.6 Å². The topological polar surface area (TPSA) is 107 Å². The summed E-state index contributed by atoms with van der Waals surface area (Å²) in [5.74, 6) is -0.800. The summed E-state index contributed by atoms with van der Waals surface area (Å²) in [7, 11) is -1.95. The quantitative estimate of drug-likeness (QED) is 0.514. The van der Waals surface area contributed by atoms with Gasteiger partial charge in [0.1, 0.15) is 16.7 Å². The van der Waals surface area contributed by atoms with Crippen molar-refractivity contribution in [3.63, 3.8) is 0 Å². The first-order valence-corrected chi connectivity index (χ1v) is 14.7. The molecular formula is C29H38N2O6S. The molecule has 0 spiro atoms. The number of carboxylic acid groups (broad SMARTS) is 1. The zero-order chi connectivity index (χ0) is 27.4. The summed E-state index contributed by atoms with van der Waals surface area (Å²) in [6.07, 6.45) is 6.13. The van der Waals surface area contributed by atoms with Crippen LogP contribution in [0.15, 0.2) is 53.4 Å². The van der Waals surface area contributed by atoms with Crippen LogP contribution in [0.3, 0.4) is 0 Å². The minimum Gasteiger partial charge on any atom is -0.487 e. The smallest absolute Gasteiger partial charge is 0.335 e. The third-order valence-corrected chi connectivity index (χ3v) is 9.47. The zero-order valence-corrected chi connectivity index (χ0v) is 23.2. The predicted octanol–water partition coefficient (Wildman–Crippen LogP) is 4.24. The maximum atomic E-state index is 13.7. The summed E-state index contributed by atoms with van der Waals surface area (Å²) in [6.45, 7) is 4.63. The predicted molar refractivity (Wildman–Crippen MR) is 147 cm³/mol. The third kappa shape index (κ3) is 6.29. The standard InChI is InChI=1S/C29H38N2O6S/c1-20-16-31(21(2)19-32)38(35,36)28-13-12-24(23-9-5-4-6-10-23)15-26(28)37-27(20)18-30(3)17-22-8-7-11-25(14-22)29(33)34/h7-9,11-15,20-21,27,32H,4-6,10,16-19H2,1-3H3,(H,33,34)/t20-,21+,27-/m0/s1. The number of fused-ring (bicyclic) bond motifs is 1. The molecule has 1 heterocycles. The van der Waals surface area contributed by atoms with Gasteiger partial charge in [-0.2, -0.15) is 4.31 Å². The summed E-state index contributed by atoms with van der Waals surface area (Å²) in [6, 6.07) is 11.6. The highest BCUT2D eigenvalue weighted by Gasteiger charge is 2.38. The molecule has 0 saturated heterocycles. The average molecular weight is 543 g/mol. The number of ether oxygens (including phenoxy) is 1. The van der Waals surface area contributed by atoms with Crippen LogP contribution in [0, 0.1) is 5.92 Å². The molecule has 2 aliphatic rings. The van der Waals surface area contributed by atoms with Gasteiger partial charge in [0.25, 0.3) is 0 Å². The van der Waals surface area contributed by atoms with Gasteiger partial charge in [-0.3, -0.25) is 4.90 Å². The van der Waals surface area contributed by atoms with Crippen LogP contribution in [-0.4, -0.2) is 72.7 Å². The van der Waals surface area contributed by atoms with Gasteiger partial charge in [-0.25, -0.2) is 13.2 Å². The Morgan fingerprint density at radius 2 is 2.00 bits per heavy atom. The fourth-order valence-electron chi connectivity index (χ4n) is 5.23. The molecule has 0 radical (unpaired) electrons. The van der Waals surface area contributed by atoms with E-state index in [1.54, 1.807) is 31.2 Å². The molecule has 3 atom stereocenters. The van der Waals surface area contributed by atoms with Gasteiger partial charge in [-0.15, -0.1) is 0 Å². The van der Waals surface area contributed by atoms with Gasteiger partial charge < -0.3 is 14.9 Å². The normalized spacial score (nSPS) is 22.5. The molecule has 2 aromatic rings. The van der Waals surface area contributed by atoms with E-state index in [-0.39, 0.29) is 35.6 Å². The second-order valence-corrected chi connectivity index (χ2v) is 12.4. The van der Waals surface area contributed by atoms with Crippen LogP contribution in [-0.2, 0) is 16.6 Å². The molecule has 1 aliphatic heterocycles. The Labute approximate surface area is 225 Å². The second-order valence-electron chi connectivity index (χ2n) is 10.6. The lowest BCUT2D eigenvalue weighted by Crippen LogP contribution is -2.49. The molecule has 4 rings (SSSR count). The summed E-state index contributed by atoms with van der Waals surface area (Å²) in [5.41, 5.74) is 3.30. The van der Waals surface area contributed by atoms with Crippen LogP contribution in [0.5, 0.6) is 5.75 Å². The van der Waals surface area contributed by atoms with Gasteiger partial charge in [0.15, 0.2) is 0 Å². The first-order chi connectivity index (χ1) is 18.1. The number of rotatable bonds is 8. The highest BCUT2D eigenvalue weighted by molar-refractivity contribution is 7.89. The van der Waals surface area contributed by atoms with Crippen molar-refractivity contribution in [2.24, 2.45) is 5.92 Å². The molecule has 2 N–H and O–H groups in total. The maximum Gasteiger partial charge on any atom is 0.335 e. The number of benzene rings is 2. The number of likely N-dealkylation sites (N-methyl/N-ethyl adjacent to an activating group) is 1. The first kappa shape index (κ1) is 28.3. The van der Waals surface area contributed by atoms with Crippen LogP contribution in [0.2, 0.25) is 0 Å². The van der Waals surface area contributed by atoms with Crippen molar-refractivity contribution in [2.75, 3.05) is 26.7 Å². The van der Waals surface area contributed by atoms with Crippen LogP contribution in [0.25, 0.3) is 5.57 Å². The number of allylic oxidation sites excluding steroid dienone is 2. The van der Waals surface area contributed by atoms with E-state index in [0.717, 1.165) is 36.8 Å². The Morgan fingerprint density at radius 3 is 2.68 bits per heavy atom. The van der Waals surface area contributed by atoms with E-state index in [1.807, 2.05) is 32.2 Å². The summed E-state index contributed by atoms with van der Waals surface area (Å²) in [4.78, 5) is 13.6. The fraction of sp³-hybridized carbons (Fsp3) is 0.483.